The third-order valence-corrected chi connectivity index (χ3v) is 7.42. The molecule has 0 radical (unpaired) electrons. The van der Waals surface area contributed by atoms with E-state index in [1.54, 1.807) is 17.2 Å². The minimum Gasteiger partial charge on any atom is -0.302 e. The van der Waals surface area contributed by atoms with Gasteiger partial charge < -0.3 is 4.90 Å². The summed E-state index contributed by atoms with van der Waals surface area (Å²) >= 11 is 0. The quantitative estimate of drug-likeness (QED) is 0.796. The van der Waals surface area contributed by atoms with E-state index in [0.717, 1.165) is 25.2 Å². The first-order valence-corrected chi connectivity index (χ1v) is 11.4. The zero-order valence-corrected chi connectivity index (χ0v) is 17.9. The molecule has 2 heterocycles. The number of nitrogens with zero attached hydrogens (tertiary/aromatic N) is 2. The number of likely N-dealkylation sites (tertiary alicyclic amines) is 1. The second kappa shape index (κ2) is 8.75. The first-order chi connectivity index (χ1) is 14.7. The van der Waals surface area contributed by atoms with Gasteiger partial charge in [-0.1, -0.05) is 36.4 Å². The maximum Gasteiger partial charge on any atom is 0.123 e. The van der Waals surface area contributed by atoms with Gasteiger partial charge >= 0.3 is 0 Å². The Labute approximate surface area is 179 Å². The highest BCUT2D eigenvalue weighted by Gasteiger charge is 2.34. The van der Waals surface area contributed by atoms with Crippen LogP contribution in [0.1, 0.15) is 35.6 Å². The van der Waals surface area contributed by atoms with Gasteiger partial charge in [-0.15, -0.1) is 0 Å². The van der Waals surface area contributed by atoms with Crippen molar-refractivity contribution in [3.63, 3.8) is 0 Å². The molecule has 3 aliphatic rings. The first kappa shape index (κ1) is 20.1. The minimum atomic E-state index is -0.159. The second-order valence-electron chi connectivity index (χ2n) is 9.38. The van der Waals surface area contributed by atoms with Crippen molar-refractivity contribution in [2.45, 2.75) is 43.8 Å². The predicted molar refractivity (Wildman–Crippen MR) is 119 cm³/mol. The highest BCUT2D eigenvalue weighted by Crippen LogP contribution is 2.30. The molecule has 1 aliphatic carbocycles. The van der Waals surface area contributed by atoms with Crippen molar-refractivity contribution in [2.24, 2.45) is 5.92 Å². The van der Waals surface area contributed by atoms with Crippen molar-refractivity contribution in [3.8, 4) is 0 Å². The lowest BCUT2D eigenvalue weighted by atomic mass is 9.93. The van der Waals surface area contributed by atoms with Crippen LogP contribution in [-0.4, -0.2) is 55.1 Å². The SMILES string of the molecule is CN(CC1CNNC1c1cccc(F)c1)C1CCCN(C2Cc3ccccc3C2)C1. The van der Waals surface area contributed by atoms with E-state index in [9.17, 15) is 4.39 Å². The molecule has 2 N–H and O–H groups in total. The van der Waals surface area contributed by atoms with Gasteiger partial charge in [0.2, 0.25) is 0 Å². The molecule has 2 aromatic rings. The molecule has 0 saturated carbocycles. The summed E-state index contributed by atoms with van der Waals surface area (Å²) < 4.78 is 13.7. The molecule has 3 unspecified atom stereocenters. The lowest BCUT2D eigenvalue weighted by molar-refractivity contribution is 0.0784. The Balaban J connectivity index is 1.20. The number of hydrazine groups is 1. The van der Waals surface area contributed by atoms with Crippen LogP contribution in [-0.2, 0) is 12.8 Å². The molecule has 2 fully saturated rings. The molecule has 0 bridgehead atoms. The van der Waals surface area contributed by atoms with Crippen LogP contribution in [0, 0.1) is 11.7 Å². The molecule has 2 aromatic carbocycles. The molecular formula is C25H33FN4. The van der Waals surface area contributed by atoms with Crippen LogP contribution in [0.2, 0.25) is 0 Å². The van der Waals surface area contributed by atoms with Gasteiger partial charge in [-0.05, 0) is 68.1 Å². The Morgan fingerprint density at radius 3 is 2.67 bits per heavy atom. The van der Waals surface area contributed by atoms with Crippen LogP contribution in [0.5, 0.6) is 0 Å². The summed E-state index contributed by atoms with van der Waals surface area (Å²) in [5.74, 6) is 0.275. The normalized spacial score (nSPS) is 27.6. The van der Waals surface area contributed by atoms with Crippen LogP contribution in [0.25, 0.3) is 0 Å². The fourth-order valence-corrected chi connectivity index (χ4v) is 5.75. The predicted octanol–water partition coefficient (Wildman–Crippen LogP) is 3.15. The van der Waals surface area contributed by atoms with E-state index in [1.165, 1.54) is 38.3 Å². The maximum atomic E-state index is 13.7. The van der Waals surface area contributed by atoms with Crippen molar-refractivity contribution in [1.82, 2.24) is 20.7 Å². The number of halogens is 1. The number of hydrogen-bond acceptors (Lipinski definition) is 4. The standard InChI is InChI=1S/C25H33FN4/c1-29(16-21-15-27-28-25(21)20-8-4-9-22(26)12-20)23-10-5-11-30(17-23)24-13-18-6-2-3-7-19(18)14-24/h2-4,6-9,12,21,23-25,27-28H,5,10-11,13-17H2,1H3. The number of likely N-dealkylation sites (N-methyl/N-ethyl adjacent to an activating group) is 1. The number of hydrogen-bond donors (Lipinski definition) is 2. The zero-order valence-electron chi connectivity index (χ0n) is 17.9. The molecule has 5 rings (SSSR count). The summed E-state index contributed by atoms with van der Waals surface area (Å²) in [5, 5.41) is 0. The Morgan fingerprint density at radius 1 is 1.10 bits per heavy atom. The van der Waals surface area contributed by atoms with Gasteiger partial charge in [-0.25, -0.2) is 9.82 Å². The first-order valence-electron chi connectivity index (χ1n) is 11.4. The van der Waals surface area contributed by atoms with Gasteiger partial charge in [-0.3, -0.25) is 10.3 Å². The van der Waals surface area contributed by atoms with E-state index >= 15 is 0 Å². The largest absolute Gasteiger partial charge is 0.302 e. The Hall–Kier alpha value is -1.79. The lowest BCUT2D eigenvalue weighted by Gasteiger charge is -2.41. The van der Waals surface area contributed by atoms with Gasteiger partial charge in [0, 0.05) is 37.6 Å². The van der Waals surface area contributed by atoms with E-state index in [1.807, 2.05) is 12.1 Å². The third-order valence-electron chi connectivity index (χ3n) is 7.42. The summed E-state index contributed by atoms with van der Waals surface area (Å²) in [4.78, 5) is 5.29. The summed E-state index contributed by atoms with van der Waals surface area (Å²) in [6.07, 6.45) is 4.94. The summed E-state index contributed by atoms with van der Waals surface area (Å²) in [5.41, 5.74) is 10.8. The van der Waals surface area contributed by atoms with Crippen LogP contribution < -0.4 is 10.9 Å². The average Bonchev–Trinajstić information content (AvgIpc) is 3.40. The second-order valence-corrected chi connectivity index (χ2v) is 9.38. The van der Waals surface area contributed by atoms with E-state index in [-0.39, 0.29) is 11.9 Å². The molecule has 160 valence electrons. The van der Waals surface area contributed by atoms with Gasteiger partial charge in [0.25, 0.3) is 0 Å². The molecular weight excluding hydrogens is 375 g/mol. The number of nitrogens with one attached hydrogen (secondary N) is 2. The van der Waals surface area contributed by atoms with Crippen LogP contribution in [0.4, 0.5) is 4.39 Å². The minimum absolute atomic E-state index is 0.159. The van der Waals surface area contributed by atoms with E-state index in [4.69, 9.17) is 0 Å². The molecule has 0 spiro atoms. The molecule has 30 heavy (non-hydrogen) atoms. The molecule has 0 aromatic heterocycles. The fraction of sp³-hybridized carbons (Fsp3) is 0.520. The van der Waals surface area contributed by atoms with E-state index < -0.39 is 0 Å². The number of benzene rings is 2. The van der Waals surface area contributed by atoms with Gasteiger partial charge in [0.05, 0.1) is 6.04 Å². The molecule has 2 saturated heterocycles. The van der Waals surface area contributed by atoms with Gasteiger partial charge in [0.1, 0.15) is 5.82 Å². The Morgan fingerprint density at radius 2 is 1.90 bits per heavy atom. The van der Waals surface area contributed by atoms with Crippen molar-refractivity contribution in [1.29, 1.82) is 0 Å². The van der Waals surface area contributed by atoms with Crippen molar-refractivity contribution in [3.05, 3.63) is 71.0 Å². The van der Waals surface area contributed by atoms with Crippen molar-refractivity contribution >= 4 is 0 Å². The molecule has 5 heteroatoms. The monoisotopic (exact) mass is 408 g/mol. The van der Waals surface area contributed by atoms with Crippen molar-refractivity contribution < 1.29 is 4.39 Å². The number of piperidine rings is 1. The highest BCUT2D eigenvalue weighted by atomic mass is 19.1. The molecule has 2 aliphatic heterocycles. The number of fused-ring (bicyclic) bond motifs is 1. The molecule has 3 atom stereocenters. The summed E-state index contributed by atoms with van der Waals surface area (Å²) in [6, 6.07) is 17.4. The van der Waals surface area contributed by atoms with Gasteiger partial charge in [-0.2, -0.15) is 0 Å². The topological polar surface area (TPSA) is 30.5 Å². The Kier molecular flexibility index (Phi) is 5.87. The Bertz CT molecular complexity index is 847. The van der Waals surface area contributed by atoms with E-state index in [0.29, 0.717) is 18.0 Å². The average molecular weight is 409 g/mol. The smallest absolute Gasteiger partial charge is 0.123 e. The van der Waals surface area contributed by atoms with Gasteiger partial charge in [0.15, 0.2) is 0 Å². The van der Waals surface area contributed by atoms with Crippen molar-refractivity contribution in [2.75, 3.05) is 33.2 Å². The third kappa shape index (κ3) is 4.17. The van der Waals surface area contributed by atoms with E-state index in [2.05, 4.69) is 52.0 Å². The summed E-state index contributed by atoms with van der Waals surface area (Å²) in [6.45, 7) is 4.32. The zero-order chi connectivity index (χ0) is 20.5. The number of rotatable bonds is 5. The molecule has 0 amide bonds. The van der Waals surface area contributed by atoms with Crippen LogP contribution in [0.3, 0.4) is 0 Å². The summed E-state index contributed by atoms with van der Waals surface area (Å²) in [7, 11) is 2.28. The maximum absolute atomic E-state index is 13.7. The van der Waals surface area contributed by atoms with Crippen LogP contribution >= 0.6 is 0 Å². The molecule has 4 nitrogen and oxygen atoms in total. The highest BCUT2D eigenvalue weighted by molar-refractivity contribution is 5.33. The fourth-order valence-electron chi connectivity index (χ4n) is 5.75. The van der Waals surface area contributed by atoms with Crippen LogP contribution in [0.15, 0.2) is 48.5 Å². The lowest BCUT2D eigenvalue weighted by Crippen LogP contribution is -2.51.